The molecule has 0 fully saturated rings. The van der Waals surface area contributed by atoms with Crippen LogP contribution in [0.15, 0.2) is 71.5 Å². The molecule has 0 aliphatic heterocycles. The van der Waals surface area contributed by atoms with Crippen LogP contribution in [0.5, 0.6) is 0 Å². The first-order chi connectivity index (χ1) is 15.0. The lowest BCUT2D eigenvalue weighted by molar-refractivity contribution is 0.0997. The number of anilines is 2. The third-order valence-corrected chi connectivity index (χ3v) is 6.28. The quantitative estimate of drug-likeness (QED) is 0.327. The summed E-state index contributed by atoms with van der Waals surface area (Å²) in [6.45, 7) is 4.12. The summed E-state index contributed by atoms with van der Waals surface area (Å²) in [4.78, 5) is 18.3. The molecular weight excluding hydrogens is 430 g/mol. The van der Waals surface area contributed by atoms with Crippen molar-refractivity contribution >= 4 is 39.7 Å². The van der Waals surface area contributed by atoms with Crippen LogP contribution >= 0.6 is 22.9 Å². The molecule has 5 nitrogen and oxygen atoms in total. The molecule has 0 saturated carbocycles. The molecule has 0 aliphatic carbocycles. The second-order valence-corrected chi connectivity index (χ2v) is 8.71. The van der Waals surface area contributed by atoms with Gasteiger partial charge in [0.25, 0.3) is 5.91 Å². The van der Waals surface area contributed by atoms with Gasteiger partial charge >= 0.3 is 0 Å². The first-order valence-electron chi connectivity index (χ1n) is 9.95. The van der Waals surface area contributed by atoms with Crippen molar-refractivity contribution in [2.75, 3.05) is 10.6 Å². The minimum Gasteiger partial charge on any atom is -0.459 e. The van der Waals surface area contributed by atoms with Gasteiger partial charge in [-0.25, -0.2) is 4.98 Å². The molecule has 1 unspecified atom stereocenters. The number of pyridine rings is 1. The molecule has 0 bridgehead atoms. The van der Waals surface area contributed by atoms with Gasteiger partial charge in [-0.1, -0.05) is 30.7 Å². The van der Waals surface area contributed by atoms with Crippen LogP contribution < -0.4 is 10.6 Å². The number of carbonyl (C=O) groups is 1. The van der Waals surface area contributed by atoms with Gasteiger partial charge in [0.15, 0.2) is 5.76 Å². The largest absolute Gasteiger partial charge is 0.459 e. The number of rotatable bonds is 7. The van der Waals surface area contributed by atoms with E-state index in [1.165, 1.54) is 6.26 Å². The fourth-order valence-corrected chi connectivity index (χ4v) is 4.54. The van der Waals surface area contributed by atoms with Crippen molar-refractivity contribution in [3.63, 3.8) is 0 Å². The summed E-state index contributed by atoms with van der Waals surface area (Å²) in [6.07, 6.45) is 4.12. The van der Waals surface area contributed by atoms with E-state index in [-0.39, 0.29) is 17.7 Å². The van der Waals surface area contributed by atoms with Gasteiger partial charge in [0.2, 0.25) is 0 Å². The topological polar surface area (TPSA) is 67.2 Å². The molecule has 158 valence electrons. The predicted octanol–water partition coefficient (Wildman–Crippen LogP) is 6.71. The molecule has 3 heterocycles. The summed E-state index contributed by atoms with van der Waals surface area (Å²) in [5.41, 5.74) is 3.03. The molecule has 1 amide bonds. The lowest BCUT2D eigenvalue weighted by atomic mass is 9.99. The van der Waals surface area contributed by atoms with E-state index in [0.717, 1.165) is 38.8 Å². The van der Waals surface area contributed by atoms with Gasteiger partial charge in [0.1, 0.15) is 10.8 Å². The molecule has 4 rings (SSSR count). The standard InChI is InChI=1S/C24H22ClN3O2S/c1-3-18-14-19(24(31-18)28-23(29)20-8-5-11-30-20)22(16-6-4-7-17(25)13-16)27-21-12-15(2)9-10-26-21/h4-14,22H,3H2,1-2H3,(H,26,27)(H,28,29). The molecule has 0 aliphatic rings. The van der Waals surface area contributed by atoms with Crippen LogP contribution in [0.25, 0.3) is 0 Å². The van der Waals surface area contributed by atoms with Gasteiger partial charge in [0.05, 0.1) is 12.3 Å². The second kappa shape index (κ2) is 9.37. The van der Waals surface area contributed by atoms with Crippen molar-refractivity contribution < 1.29 is 9.21 Å². The summed E-state index contributed by atoms with van der Waals surface area (Å²) >= 11 is 7.86. The molecular formula is C24H22ClN3O2S. The summed E-state index contributed by atoms with van der Waals surface area (Å²) in [6, 6.07) is 16.9. The van der Waals surface area contributed by atoms with Gasteiger partial charge in [-0.2, -0.15) is 0 Å². The number of hydrogen-bond acceptors (Lipinski definition) is 5. The lowest BCUT2D eigenvalue weighted by Gasteiger charge is -2.21. The van der Waals surface area contributed by atoms with E-state index in [1.54, 1.807) is 29.7 Å². The Balaban J connectivity index is 1.76. The summed E-state index contributed by atoms with van der Waals surface area (Å²) in [5, 5.41) is 7.96. The Morgan fingerprint density at radius 3 is 2.77 bits per heavy atom. The Kier molecular flexibility index (Phi) is 6.39. The number of aromatic nitrogens is 1. The number of nitrogens with zero attached hydrogens (tertiary/aromatic N) is 1. The minimum atomic E-state index is -0.283. The predicted molar refractivity (Wildman–Crippen MR) is 126 cm³/mol. The zero-order valence-corrected chi connectivity index (χ0v) is 18.8. The third kappa shape index (κ3) is 4.98. The summed E-state index contributed by atoms with van der Waals surface area (Å²) in [7, 11) is 0. The molecule has 0 saturated heterocycles. The monoisotopic (exact) mass is 451 g/mol. The highest BCUT2D eigenvalue weighted by atomic mass is 35.5. The number of amides is 1. The minimum absolute atomic E-state index is 0.253. The maximum atomic E-state index is 12.7. The normalized spacial score (nSPS) is 11.8. The maximum Gasteiger partial charge on any atom is 0.291 e. The van der Waals surface area contributed by atoms with Crippen molar-refractivity contribution in [3.05, 3.63) is 99.4 Å². The summed E-state index contributed by atoms with van der Waals surface area (Å²) in [5.74, 6) is 0.733. The zero-order chi connectivity index (χ0) is 21.8. The van der Waals surface area contributed by atoms with Crippen molar-refractivity contribution in [1.82, 2.24) is 4.98 Å². The average Bonchev–Trinajstić information content (AvgIpc) is 3.42. The Morgan fingerprint density at radius 1 is 1.19 bits per heavy atom. The summed E-state index contributed by atoms with van der Waals surface area (Å²) < 4.78 is 5.26. The van der Waals surface area contributed by atoms with Crippen molar-refractivity contribution in [2.24, 2.45) is 0 Å². The van der Waals surface area contributed by atoms with Gasteiger partial charge in [-0.15, -0.1) is 11.3 Å². The van der Waals surface area contributed by atoms with E-state index < -0.39 is 0 Å². The number of halogens is 1. The van der Waals surface area contributed by atoms with Gasteiger partial charge in [-0.05, 0) is 66.9 Å². The van der Waals surface area contributed by atoms with Crippen LogP contribution in [0, 0.1) is 6.92 Å². The molecule has 0 spiro atoms. The van der Waals surface area contributed by atoms with E-state index in [9.17, 15) is 4.79 Å². The molecule has 7 heteroatoms. The van der Waals surface area contributed by atoms with Crippen LogP contribution in [-0.2, 0) is 6.42 Å². The first kappa shape index (κ1) is 21.2. The number of nitrogens with one attached hydrogen (secondary N) is 2. The fourth-order valence-electron chi connectivity index (χ4n) is 3.31. The maximum absolute atomic E-state index is 12.7. The van der Waals surface area contributed by atoms with E-state index >= 15 is 0 Å². The lowest BCUT2D eigenvalue weighted by Crippen LogP contribution is -2.17. The highest BCUT2D eigenvalue weighted by molar-refractivity contribution is 7.16. The number of carbonyl (C=O) groups excluding carboxylic acids is 1. The Bertz CT molecular complexity index is 1190. The fraction of sp³-hybridized carbons (Fsp3) is 0.167. The van der Waals surface area contributed by atoms with Crippen LogP contribution in [-0.4, -0.2) is 10.9 Å². The zero-order valence-electron chi connectivity index (χ0n) is 17.2. The molecule has 1 atom stereocenters. The Labute approximate surface area is 190 Å². The first-order valence-corrected chi connectivity index (χ1v) is 11.1. The molecule has 31 heavy (non-hydrogen) atoms. The SMILES string of the molecule is CCc1cc(C(Nc2cc(C)ccn2)c2cccc(Cl)c2)c(NC(=O)c2ccco2)s1. The molecule has 2 N–H and O–H groups in total. The van der Waals surface area contributed by atoms with Gasteiger partial charge < -0.3 is 15.1 Å². The van der Waals surface area contributed by atoms with Crippen LogP contribution in [0.1, 0.15) is 45.1 Å². The van der Waals surface area contributed by atoms with Crippen molar-refractivity contribution in [2.45, 2.75) is 26.3 Å². The van der Waals surface area contributed by atoms with Gasteiger partial charge in [-0.3, -0.25) is 4.79 Å². The molecule has 3 aromatic heterocycles. The average molecular weight is 452 g/mol. The van der Waals surface area contributed by atoms with E-state index in [2.05, 4.69) is 28.6 Å². The Morgan fingerprint density at radius 2 is 2.06 bits per heavy atom. The van der Waals surface area contributed by atoms with E-state index in [1.807, 2.05) is 43.3 Å². The number of benzene rings is 1. The number of furan rings is 1. The van der Waals surface area contributed by atoms with Crippen molar-refractivity contribution in [1.29, 1.82) is 0 Å². The van der Waals surface area contributed by atoms with Crippen LogP contribution in [0.4, 0.5) is 10.8 Å². The number of thiophene rings is 1. The smallest absolute Gasteiger partial charge is 0.291 e. The second-order valence-electron chi connectivity index (χ2n) is 7.13. The highest BCUT2D eigenvalue weighted by Crippen LogP contribution is 2.38. The van der Waals surface area contributed by atoms with Crippen LogP contribution in [0.3, 0.4) is 0 Å². The van der Waals surface area contributed by atoms with E-state index in [4.69, 9.17) is 16.0 Å². The molecule has 4 aromatic rings. The third-order valence-electron chi connectivity index (χ3n) is 4.83. The highest BCUT2D eigenvalue weighted by Gasteiger charge is 2.23. The van der Waals surface area contributed by atoms with E-state index in [0.29, 0.717) is 5.02 Å². The molecule has 0 radical (unpaired) electrons. The van der Waals surface area contributed by atoms with Gasteiger partial charge in [0, 0.05) is 21.7 Å². The number of aryl methyl sites for hydroxylation is 2. The van der Waals surface area contributed by atoms with Crippen molar-refractivity contribution in [3.8, 4) is 0 Å². The van der Waals surface area contributed by atoms with Crippen LogP contribution in [0.2, 0.25) is 5.02 Å². The number of hydrogen-bond donors (Lipinski definition) is 2. The molecule has 1 aromatic carbocycles. The Hall–Kier alpha value is -3.09.